The number of thiocarbonyl (C=S) groups is 1. The third kappa shape index (κ3) is 5.71. The Kier molecular flexibility index (Phi) is 8.02. The molecule has 5 rings (SSSR count). The van der Waals surface area contributed by atoms with Crippen LogP contribution in [0.2, 0.25) is 0 Å². The van der Waals surface area contributed by atoms with Crippen LogP contribution in [-0.2, 0) is 17.8 Å². The van der Waals surface area contributed by atoms with Gasteiger partial charge < -0.3 is 20.1 Å². The van der Waals surface area contributed by atoms with E-state index in [2.05, 4.69) is 56.9 Å². The van der Waals surface area contributed by atoms with E-state index < -0.39 is 0 Å². The minimum atomic E-state index is -0.127. The van der Waals surface area contributed by atoms with Crippen LogP contribution < -0.4 is 10.6 Å². The maximum atomic E-state index is 13.0. The number of nitrogens with one attached hydrogen (secondary N) is 2. The van der Waals surface area contributed by atoms with E-state index in [1.54, 1.807) is 0 Å². The van der Waals surface area contributed by atoms with Crippen LogP contribution in [0, 0.1) is 13.8 Å². The van der Waals surface area contributed by atoms with Crippen LogP contribution in [0.5, 0.6) is 0 Å². The largest absolute Gasteiger partial charge is 0.352 e. The van der Waals surface area contributed by atoms with E-state index in [0.717, 1.165) is 29.9 Å². The predicted molar refractivity (Wildman–Crippen MR) is 158 cm³/mol. The number of carbonyl (C=O) groups excluding carboxylic acids is 1. The topological polar surface area (TPSA) is 75.1 Å². The van der Waals surface area contributed by atoms with E-state index in [4.69, 9.17) is 12.2 Å². The molecule has 0 saturated carbocycles. The molecule has 39 heavy (non-hydrogen) atoms. The number of hydrogen-bond acceptors (Lipinski definition) is 4. The number of carbonyl (C=O) groups is 1. The highest BCUT2D eigenvalue weighted by atomic mass is 32.1. The average Bonchev–Trinajstić information content (AvgIpc) is 3.43. The lowest BCUT2D eigenvalue weighted by atomic mass is 9.96. The molecular weight excluding hydrogens is 504 g/mol. The number of para-hydroxylation sites is 1. The molecule has 1 fully saturated rings. The third-order valence-electron chi connectivity index (χ3n) is 7.47. The first-order valence-corrected chi connectivity index (χ1v) is 13.8. The molecule has 1 amide bonds. The normalized spacial score (nSPS) is 16.8. The predicted octanol–water partition coefficient (Wildman–Crippen LogP) is 5.51. The number of nitrogens with zero attached hydrogens (tertiary/aromatic N) is 4. The number of hydrogen-bond donors (Lipinski definition) is 2. The summed E-state index contributed by atoms with van der Waals surface area (Å²) in [6.45, 7) is 7.64. The van der Waals surface area contributed by atoms with Crippen LogP contribution in [0.15, 0.2) is 79.3 Å². The molecule has 0 spiro atoms. The molecule has 3 aromatic heterocycles. The fourth-order valence-corrected chi connectivity index (χ4v) is 5.74. The Morgan fingerprint density at radius 2 is 1.82 bits per heavy atom. The van der Waals surface area contributed by atoms with E-state index in [9.17, 15) is 4.79 Å². The van der Waals surface area contributed by atoms with Gasteiger partial charge in [0.1, 0.15) is 0 Å². The number of amides is 1. The Labute approximate surface area is 235 Å². The van der Waals surface area contributed by atoms with Crippen molar-refractivity contribution in [3.63, 3.8) is 0 Å². The van der Waals surface area contributed by atoms with E-state index in [-0.39, 0.29) is 18.0 Å². The number of anilines is 1. The third-order valence-corrected chi connectivity index (χ3v) is 7.82. The summed E-state index contributed by atoms with van der Waals surface area (Å²) in [6, 6.07) is 20.0. The highest BCUT2D eigenvalue weighted by Crippen LogP contribution is 2.41. The Morgan fingerprint density at radius 3 is 2.56 bits per heavy atom. The summed E-state index contributed by atoms with van der Waals surface area (Å²) in [7, 11) is 0. The van der Waals surface area contributed by atoms with Crippen LogP contribution >= 0.6 is 12.2 Å². The fraction of sp³-hybridized carbons (Fsp3) is 0.290. The molecule has 1 aliphatic heterocycles. The molecule has 0 aliphatic carbocycles. The molecule has 2 atom stereocenters. The van der Waals surface area contributed by atoms with Gasteiger partial charge in [0.2, 0.25) is 5.91 Å². The zero-order chi connectivity index (χ0) is 27.4. The van der Waals surface area contributed by atoms with E-state index in [1.807, 2.05) is 73.2 Å². The van der Waals surface area contributed by atoms with Crippen LogP contribution in [0.4, 0.5) is 5.69 Å². The SMILES string of the molecule is CCc1ccccc1NC(=O)CCN1C(=S)N[C@H](c2ccccn2)[C@H]1c1cc(C)n(Cc2ccncc2)c1C. The van der Waals surface area contributed by atoms with Crippen molar-refractivity contribution in [1.82, 2.24) is 24.8 Å². The summed E-state index contributed by atoms with van der Waals surface area (Å²) >= 11 is 5.85. The van der Waals surface area contributed by atoms with Crippen molar-refractivity contribution in [2.45, 2.75) is 52.2 Å². The lowest BCUT2D eigenvalue weighted by molar-refractivity contribution is -0.116. The molecule has 200 valence electrons. The van der Waals surface area contributed by atoms with E-state index in [1.165, 1.54) is 22.5 Å². The van der Waals surface area contributed by atoms with Crippen LogP contribution in [0.1, 0.15) is 59.2 Å². The van der Waals surface area contributed by atoms with Gasteiger partial charge in [-0.3, -0.25) is 14.8 Å². The van der Waals surface area contributed by atoms with Gasteiger partial charge in [-0.2, -0.15) is 0 Å². The lowest BCUT2D eigenvalue weighted by Crippen LogP contribution is -2.33. The van der Waals surface area contributed by atoms with Crippen LogP contribution in [-0.4, -0.2) is 37.0 Å². The number of rotatable bonds is 9. The summed E-state index contributed by atoms with van der Waals surface area (Å²) in [4.78, 5) is 24.0. The van der Waals surface area contributed by atoms with Gasteiger partial charge in [0.25, 0.3) is 0 Å². The molecule has 8 heteroatoms. The Hall–Kier alpha value is -4.04. The molecule has 1 aromatic carbocycles. The summed E-state index contributed by atoms with van der Waals surface area (Å²) < 4.78 is 2.33. The Morgan fingerprint density at radius 1 is 1.05 bits per heavy atom. The molecule has 1 aliphatic rings. The maximum Gasteiger partial charge on any atom is 0.226 e. The second-order valence-corrected chi connectivity index (χ2v) is 10.3. The van der Waals surface area contributed by atoms with Crippen LogP contribution in [0.25, 0.3) is 0 Å². The minimum Gasteiger partial charge on any atom is -0.352 e. The van der Waals surface area contributed by atoms with Gasteiger partial charge in [-0.25, -0.2) is 0 Å². The monoisotopic (exact) mass is 538 g/mol. The molecule has 0 radical (unpaired) electrons. The van der Waals surface area contributed by atoms with Gasteiger partial charge in [-0.1, -0.05) is 31.2 Å². The number of aryl methyl sites for hydroxylation is 2. The summed E-state index contributed by atoms with van der Waals surface area (Å²) in [5.41, 5.74) is 7.64. The van der Waals surface area contributed by atoms with Gasteiger partial charge in [0.05, 0.1) is 17.8 Å². The van der Waals surface area contributed by atoms with Gasteiger partial charge >= 0.3 is 0 Å². The lowest BCUT2D eigenvalue weighted by Gasteiger charge is -2.28. The summed E-state index contributed by atoms with van der Waals surface area (Å²) in [5, 5.41) is 7.25. The first kappa shape index (κ1) is 26.6. The van der Waals surface area contributed by atoms with Crippen LogP contribution in [0.3, 0.4) is 0 Å². The average molecular weight is 539 g/mol. The maximum absolute atomic E-state index is 13.0. The first-order chi connectivity index (χ1) is 19.0. The van der Waals surface area contributed by atoms with Crippen molar-refractivity contribution in [1.29, 1.82) is 0 Å². The molecule has 0 unspecified atom stereocenters. The zero-order valence-electron chi connectivity index (χ0n) is 22.6. The molecule has 4 heterocycles. The molecule has 1 saturated heterocycles. The van der Waals surface area contributed by atoms with Gasteiger partial charge in [0, 0.05) is 55.2 Å². The molecule has 7 nitrogen and oxygen atoms in total. The molecular formula is C31H34N6OS. The molecule has 4 aromatic rings. The highest BCUT2D eigenvalue weighted by molar-refractivity contribution is 7.80. The van der Waals surface area contributed by atoms with Crippen molar-refractivity contribution in [3.8, 4) is 0 Å². The van der Waals surface area contributed by atoms with Crippen molar-refractivity contribution < 1.29 is 4.79 Å². The quantitative estimate of drug-likeness (QED) is 0.274. The van der Waals surface area contributed by atoms with Crippen molar-refractivity contribution in [3.05, 3.63) is 113 Å². The Balaban J connectivity index is 1.43. The summed E-state index contributed by atoms with van der Waals surface area (Å²) in [6.07, 6.45) is 6.64. The smallest absolute Gasteiger partial charge is 0.226 e. The standard InChI is InChI=1S/C31H34N6OS/c1-4-24-9-5-6-10-26(24)34-28(38)14-18-36-30(29(35-31(36)39)27-11-7-8-15-33-27)25-19-21(2)37(22(25)3)20-23-12-16-32-17-13-23/h5-13,15-17,19,29-30H,4,14,18,20H2,1-3H3,(H,34,38)(H,35,39)/t29-,30-/m1/s1. The van der Waals surface area contributed by atoms with E-state index in [0.29, 0.717) is 18.1 Å². The molecule has 0 bridgehead atoms. The fourth-order valence-electron chi connectivity index (χ4n) is 5.41. The number of pyridine rings is 2. The summed E-state index contributed by atoms with van der Waals surface area (Å²) in [5.74, 6) is -0.0260. The second-order valence-electron chi connectivity index (χ2n) is 9.90. The highest BCUT2D eigenvalue weighted by Gasteiger charge is 2.41. The van der Waals surface area contributed by atoms with Crippen molar-refractivity contribution >= 4 is 28.9 Å². The van der Waals surface area contributed by atoms with Crippen molar-refractivity contribution in [2.24, 2.45) is 0 Å². The number of aromatic nitrogens is 3. The number of benzene rings is 1. The van der Waals surface area contributed by atoms with E-state index >= 15 is 0 Å². The van der Waals surface area contributed by atoms with Gasteiger partial charge in [0.15, 0.2) is 5.11 Å². The minimum absolute atomic E-state index is 0.0260. The van der Waals surface area contributed by atoms with Crippen molar-refractivity contribution in [2.75, 3.05) is 11.9 Å². The molecule has 2 N–H and O–H groups in total. The van der Waals surface area contributed by atoms with Gasteiger partial charge in [-0.15, -0.1) is 0 Å². The second kappa shape index (κ2) is 11.8. The van der Waals surface area contributed by atoms with Gasteiger partial charge in [-0.05, 0) is 85.6 Å². The Bertz CT molecular complexity index is 1450. The first-order valence-electron chi connectivity index (χ1n) is 13.4. The zero-order valence-corrected chi connectivity index (χ0v) is 23.4.